The Morgan fingerprint density at radius 1 is 1.37 bits per heavy atom. The summed E-state index contributed by atoms with van der Waals surface area (Å²) in [5.41, 5.74) is 3.07. The van der Waals surface area contributed by atoms with Gasteiger partial charge >= 0.3 is 0 Å². The molecule has 0 radical (unpaired) electrons. The molecule has 1 saturated carbocycles. The fraction of sp³-hybridized carbons (Fsp3) is 0.500. The molecule has 102 valence electrons. The highest BCUT2D eigenvalue weighted by Crippen LogP contribution is 2.33. The molecule has 1 heterocycles. The van der Waals surface area contributed by atoms with Crippen LogP contribution in [-0.2, 0) is 6.42 Å². The predicted octanol–water partition coefficient (Wildman–Crippen LogP) is 3.55. The van der Waals surface area contributed by atoms with Gasteiger partial charge in [-0.1, -0.05) is 18.6 Å². The number of rotatable bonds is 3. The van der Waals surface area contributed by atoms with Crippen LogP contribution in [-0.4, -0.2) is 18.1 Å². The van der Waals surface area contributed by atoms with Gasteiger partial charge in [-0.2, -0.15) is 0 Å². The molecule has 3 heteroatoms. The Morgan fingerprint density at radius 2 is 2.21 bits per heavy atom. The summed E-state index contributed by atoms with van der Waals surface area (Å²) in [5, 5.41) is 4.48. The number of benzene rings is 1. The predicted molar refractivity (Wildman–Crippen MR) is 76.9 cm³/mol. The van der Waals surface area contributed by atoms with Gasteiger partial charge in [0.2, 0.25) is 0 Å². The molecule has 1 aromatic heterocycles. The summed E-state index contributed by atoms with van der Waals surface area (Å²) >= 11 is 0. The number of halogens is 1. The van der Waals surface area contributed by atoms with Crippen molar-refractivity contribution in [3.05, 3.63) is 35.3 Å². The molecular weight excluding hydrogens is 239 g/mol. The first-order valence-electron chi connectivity index (χ1n) is 7.13. The highest BCUT2D eigenvalue weighted by molar-refractivity contribution is 5.85. The van der Waals surface area contributed by atoms with E-state index in [4.69, 9.17) is 0 Å². The zero-order valence-corrected chi connectivity index (χ0v) is 11.6. The Kier molecular flexibility index (Phi) is 3.31. The molecule has 0 saturated heterocycles. The maximum Gasteiger partial charge on any atom is 0.147 e. The lowest BCUT2D eigenvalue weighted by Gasteiger charge is -2.19. The minimum atomic E-state index is -0.150. The molecule has 1 aliphatic carbocycles. The van der Waals surface area contributed by atoms with Gasteiger partial charge in [0.25, 0.3) is 0 Å². The summed E-state index contributed by atoms with van der Waals surface area (Å²) in [7, 11) is 2.05. The van der Waals surface area contributed by atoms with Crippen LogP contribution < -0.4 is 5.32 Å². The zero-order chi connectivity index (χ0) is 13.4. The normalized spacial score (nSPS) is 23.3. The Balaban J connectivity index is 1.96. The number of fused-ring (bicyclic) bond motifs is 1. The van der Waals surface area contributed by atoms with Crippen LogP contribution >= 0.6 is 0 Å². The number of H-pyrrole nitrogens is 1. The largest absolute Gasteiger partial charge is 0.356 e. The number of para-hydroxylation sites is 1. The second-order valence-corrected chi connectivity index (χ2v) is 5.68. The molecule has 2 N–H and O–H groups in total. The van der Waals surface area contributed by atoms with Crippen LogP contribution in [0.15, 0.2) is 18.2 Å². The molecule has 3 rings (SSSR count). The van der Waals surface area contributed by atoms with Crippen LogP contribution in [0.3, 0.4) is 0 Å². The fourth-order valence-corrected chi connectivity index (χ4v) is 3.55. The second-order valence-electron chi connectivity index (χ2n) is 5.68. The van der Waals surface area contributed by atoms with Crippen molar-refractivity contribution in [3.8, 4) is 0 Å². The minimum absolute atomic E-state index is 0.150. The van der Waals surface area contributed by atoms with Crippen LogP contribution in [0.25, 0.3) is 10.9 Å². The highest BCUT2D eigenvalue weighted by Gasteiger charge is 2.27. The van der Waals surface area contributed by atoms with Crippen molar-refractivity contribution in [2.45, 2.75) is 38.6 Å². The first-order chi connectivity index (χ1) is 9.20. The summed E-state index contributed by atoms with van der Waals surface area (Å²) in [4.78, 5) is 3.21. The lowest BCUT2D eigenvalue weighted by Crippen LogP contribution is -2.30. The molecule has 1 fully saturated rings. The maximum atomic E-state index is 13.8. The van der Waals surface area contributed by atoms with Crippen molar-refractivity contribution in [2.24, 2.45) is 5.92 Å². The van der Waals surface area contributed by atoms with Crippen molar-refractivity contribution in [1.82, 2.24) is 10.3 Å². The smallest absolute Gasteiger partial charge is 0.147 e. The third-order valence-corrected chi connectivity index (χ3v) is 4.60. The number of aromatic amines is 1. The van der Waals surface area contributed by atoms with E-state index in [2.05, 4.69) is 17.2 Å². The standard InChI is InChI=1S/C16H21FN2/c1-10-13(9-11-5-3-8-15(11)18-2)12-6-4-7-14(17)16(12)19-10/h4,6-7,11,15,18-19H,3,5,8-9H2,1-2H3. The van der Waals surface area contributed by atoms with Gasteiger partial charge < -0.3 is 10.3 Å². The third kappa shape index (κ3) is 2.16. The quantitative estimate of drug-likeness (QED) is 0.868. The summed E-state index contributed by atoms with van der Waals surface area (Å²) in [6.07, 6.45) is 4.87. The number of hydrogen-bond acceptors (Lipinski definition) is 1. The molecule has 0 aliphatic heterocycles. The lowest BCUT2D eigenvalue weighted by molar-refractivity contribution is 0.424. The molecule has 2 nitrogen and oxygen atoms in total. The Bertz CT molecular complexity index is 588. The molecular formula is C16H21FN2. The van der Waals surface area contributed by atoms with E-state index in [9.17, 15) is 4.39 Å². The Labute approximate surface area is 113 Å². The van der Waals surface area contributed by atoms with Crippen molar-refractivity contribution < 1.29 is 4.39 Å². The number of hydrogen-bond donors (Lipinski definition) is 2. The average Bonchev–Trinajstić information content (AvgIpc) is 2.97. The van der Waals surface area contributed by atoms with E-state index in [1.54, 1.807) is 6.07 Å². The van der Waals surface area contributed by atoms with Crippen molar-refractivity contribution >= 4 is 10.9 Å². The lowest BCUT2D eigenvalue weighted by atomic mass is 9.93. The van der Waals surface area contributed by atoms with Gasteiger partial charge in [-0.05, 0) is 50.8 Å². The van der Waals surface area contributed by atoms with Crippen LogP contribution in [0.2, 0.25) is 0 Å². The van der Waals surface area contributed by atoms with Gasteiger partial charge in [-0.3, -0.25) is 0 Å². The molecule has 0 bridgehead atoms. The molecule has 0 spiro atoms. The van der Waals surface area contributed by atoms with Crippen molar-refractivity contribution in [3.63, 3.8) is 0 Å². The van der Waals surface area contributed by atoms with E-state index >= 15 is 0 Å². The van der Waals surface area contributed by atoms with E-state index in [1.165, 1.54) is 30.9 Å². The van der Waals surface area contributed by atoms with Gasteiger partial charge in [0.1, 0.15) is 5.82 Å². The van der Waals surface area contributed by atoms with Crippen LogP contribution in [0, 0.1) is 18.7 Å². The average molecular weight is 260 g/mol. The van der Waals surface area contributed by atoms with Crippen molar-refractivity contribution in [1.29, 1.82) is 0 Å². The van der Waals surface area contributed by atoms with Gasteiger partial charge in [0, 0.05) is 17.1 Å². The molecule has 2 unspecified atom stereocenters. The summed E-state index contributed by atoms with van der Waals surface area (Å²) in [6.45, 7) is 2.05. The first-order valence-corrected chi connectivity index (χ1v) is 7.13. The summed E-state index contributed by atoms with van der Waals surface area (Å²) in [6, 6.07) is 5.96. The molecule has 1 aliphatic rings. The molecule has 0 amide bonds. The SMILES string of the molecule is CNC1CCCC1Cc1c(C)[nH]c2c(F)cccc12. The molecule has 19 heavy (non-hydrogen) atoms. The first kappa shape index (κ1) is 12.7. The third-order valence-electron chi connectivity index (χ3n) is 4.60. The molecule has 2 atom stereocenters. The maximum absolute atomic E-state index is 13.8. The Hall–Kier alpha value is -1.35. The highest BCUT2D eigenvalue weighted by atomic mass is 19.1. The Morgan fingerprint density at radius 3 is 3.00 bits per heavy atom. The summed E-state index contributed by atoms with van der Waals surface area (Å²) < 4.78 is 13.8. The van der Waals surface area contributed by atoms with Crippen molar-refractivity contribution in [2.75, 3.05) is 7.05 Å². The number of nitrogens with one attached hydrogen (secondary N) is 2. The van der Waals surface area contributed by atoms with Gasteiger partial charge in [-0.15, -0.1) is 0 Å². The van der Waals surface area contributed by atoms with Gasteiger partial charge in [0.05, 0.1) is 5.52 Å². The number of aryl methyl sites for hydroxylation is 1. The van der Waals surface area contributed by atoms with Crippen LogP contribution in [0.1, 0.15) is 30.5 Å². The van der Waals surface area contributed by atoms with Gasteiger partial charge in [-0.25, -0.2) is 4.39 Å². The second kappa shape index (κ2) is 4.97. The van der Waals surface area contributed by atoms with Crippen LogP contribution in [0.4, 0.5) is 4.39 Å². The van der Waals surface area contributed by atoms with E-state index in [-0.39, 0.29) is 5.82 Å². The van der Waals surface area contributed by atoms with Crippen LogP contribution in [0.5, 0.6) is 0 Å². The van der Waals surface area contributed by atoms with E-state index in [0.29, 0.717) is 17.5 Å². The molecule has 2 aromatic rings. The monoisotopic (exact) mass is 260 g/mol. The van der Waals surface area contributed by atoms with E-state index in [1.807, 2.05) is 13.1 Å². The zero-order valence-electron chi connectivity index (χ0n) is 11.6. The van der Waals surface area contributed by atoms with E-state index in [0.717, 1.165) is 17.5 Å². The van der Waals surface area contributed by atoms with Gasteiger partial charge in [0.15, 0.2) is 0 Å². The fourth-order valence-electron chi connectivity index (χ4n) is 3.55. The molecule has 1 aromatic carbocycles. The topological polar surface area (TPSA) is 27.8 Å². The van der Waals surface area contributed by atoms with E-state index < -0.39 is 0 Å². The minimum Gasteiger partial charge on any atom is -0.356 e. The number of aromatic nitrogens is 1. The summed E-state index contributed by atoms with van der Waals surface area (Å²) in [5.74, 6) is 0.523.